The summed E-state index contributed by atoms with van der Waals surface area (Å²) in [5, 5.41) is 13.2. The van der Waals surface area contributed by atoms with Crippen molar-refractivity contribution in [3.63, 3.8) is 0 Å². The number of hydrogen-bond acceptors (Lipinski definition) is 3. The topological polar surface area (TPSA) is 26.3 Å². The lowest BCUT2D eigenvalue weighted by Crippen LogP contribution is -1.91. The van der Waals surface area contributed by atoms with E-state index in [4.69, 9.17) is 8.83 Å². The zero-order valence-electron chi connectivity index (χ0n) is 28.4. The standard InChI is InChI=1S/C50H28O2S/c1-2-12-30(13-3-1)49-47(39-26-25-37-32-14-8-10-20-41(32)52-48(37)50(39)53-49)46-35-17-6-4-15-33(35)44(34-16-5-7-18-36(34)46)31-23-22-29-24-27-43-45(40(29)28-31)38-19-9-11-21-42(38)51-43/h1-28H. The van der Waals surface area contributed by atoms with Gasteiger partial charge in [0.05, 0.1) is 4.70 Å². The van der Waals surface area contributed by atoms with Gasteiger partial charge in [0, 0.05) is 37.4 Å². The van der Waals surface area contributed by atoms with Gasteiger partial charge in [0.25, 0.3) is 0 Å². The van der Waals surface area contributed by atoms with Gasteiger partial charge >= 0.3 is 0 Å². The van der Waals surface area contributed by atoms with Gasteiger partial charge in [-0.2, -0.15) is 0 Å². The number of furan rings is 2. The molecule has 0 N–H and O–H groups in total. The second-order valence-electron chi connectivity index (χ2n) is 13.9. The third-order valence-electron chi connectivity index (χ3n) is 11.1. The fourth-order valence-electron chi connectivity index (χ4n) is 8.79. The Bertz CT molecular complexity index is 3390. The molecular weight excluding hydrogens is 665 g/mol. The van der Waals surface area contributed by atoms with Gasteiger partial charge in [-0.05, 0) is 84.9 Å². The van der Waals surface area contributed by atoms with Crippen molar-refractivity contribution in [2.75, 3.05) is 0 Å². The van der Waals surface area contributed by atoms with Gasteiger partial charge in [-0.1, -0.05) is 140 Å². The fourth-order valence-corrected chi connectivity index (χ4v) is 10.1. The smallest absolute Gasteiger partial charge is 0.153 e. The second-order valence-corrected chi connectivity index (χ2v) is 14.9. The van der Waals surface area contributed by atoms with Crippen LogP contribution in [0.1, 0.15) is 0 Å². The normalized spacial score (nSPS) is 12.2. The highest BCUT2D eigenvalue weighted by molar-refractivity contribution is 7.24. The van der Waals surface area contributed by atoms with Gasteiger partial charge in [-0.25, -0.2) is 0 Å². The molecule has 3 aromatic heterocycles. The number of para-hydroxylation sites is 2. The van der Waals surface area contributed by atoms with Crippen LogP contribution in [0.2, 0.25) is 0 Å². The summed E-state index contributed by atoms with van der Waals surface area (Å²) in [7, 11) is 0. The maximum absolute atomic E-state index is 6.65. The number of fused-ring (bicyclic) bond motifs is 12. The molecule has 0 radical (unpaired) electrons. The van der Waals surface area contributed by atoms with Crippen LogP contribution in [-0.2, 0) is 0 Å². The minimum Gasteiger partial charge on any atom is -0.456 e. The molecule has 0 aliphatic heterocycles. The first kappa shape index (κ1) is 29.0. The molecule has 0 saturated heterocycles. The molecular formula is C50H28O2S. The Balaban J connectivity index is 1.21. The van der Waals surface area contributed by atoms with E-state index in [0.717, 1.165) is 38.5 Å². The van der Waals surface area contributed by atoms with Crippen molar-refractivity contribution in [2.45, 2.75) is 0 Å². The Morgan fingerprint density at radius 1 is 0.340 bits per heavy atom. The largest absolute Gasteiger partial charge is 0.456 e. The minimum absolute atomic E-state index is 0.914. The molecule has 0 unspecified atom stereocenters. The molecule has 3 heteroatoms. The van der Waals surface area contributed by atoms with E-state index in [1.165, 1.54) is 80.5 Å². The predicted molar refractivity (Wildman–Crippen MR) is 225 cm³/mol. The van der Waals surface area contributed by atoms with Crippen molar-refractivity contribution in [3.05, 3.63) is 170 Å². The Kier molecular flexibility index (Phi) is 5.96. The zero-order valence-corrected chi connectivity index (χ0v) is 29.2. The maximum Gasteiger partial charge on any atom is 0.153 e. The molecule has 0 saturated carbocycles. The summed E-state index contributed by atoms with van der Waals surface area (Å²) in [5.41, 5.74) is 9.85. The average molecular weight is 693 g/mol. The van der Waals surface area contributed by atoms with Crippen LogP contribution in [0.4, 0.5) is 0 Å². The van der Waals surface area contributed by atoms with Crippen LogP contribution in [-0.4, -0.2) is 0 Å². The van der Waals surface area contributed by atoms with Crippen LogP contribution in [0, 0.1) is 0 Å². The molecule has 53 heavy (non-hydrogen) atoms. The zero-order chi connectivity index (χ0) is 34.6. The summed E-state index contributed by atoms with van der Waals surface area (Å²) in [6, 6.07) is 61.3. The van der Waals surface area contributed by atoms with Crippen LogP contribution in [0.5, 0.6) is 0 Å². The van der Waals surface area contributed by atoms with Crippen molar-refractivity contribution in [3.8, 4) is 32.7 Å². The Labute approximate surface area is 307 Å². The Morgan fingerprint density at radius 3 is 1.66 bits per heavy atom. The lowest BCUT2D eigenvalue weighted by atomic mass is 9.84. The highest BCUT2D eigenvalue weighted by atomic mass is 32.1. The molecule has 0 bridgehead atoms. The molecule has 0 aliphatic rings. The lowest BCUT2D eigenvalue weighted by Gasteiger charge is -2.19. The van der Waals surface area contributed by atoms with Crippen LogP contribution < -0.4 is 0 Å². The van der Waals surface area contributed by atoms with E-state index in [9.17, 15) is 0 Å². The number of thiophene rings is 1. The van der Waals surface area contributed by atoms with Gasteiger partial charge in [-0.15, -0.1) is 11.3 Å². The Hall–Kier alpha value is -6.68. The molecule has 0 spiro atoms. The van der Waals surface area contributed by atoms with Crippen LogP contribution in [0.3, 0.4) is 0 Å². The fraction of sp³-hybridized carbons (Fsp3) is 0. The molecule has 0 amide bonds. The van der Waals surface area contributed by atoms with E-state index in [0.29, 0.717) is 0 Å². The van der Waals surface area contributed by atoms with Crippen molar-refractivity contribution in [2.24, 2.45) is 0 Å². The SMILES string of the molecule is c1ccc(-c2sc3c(ccc4c5ccccc5oc43)c2-c2c3ccccc3c(-c3ccc4ccc5oc6ccccc6c5c4c3)c3ccccc23)cc1. The lowest BCUT2D eigenvalue weighted by molar-refractivity contribution is 0.669. The first-order valence-corrected chi connectivity index (χ1v) is 18.8. The van der Waals surface area contributed by atoms with E-state index in [-0.39, 0.29) is 0 Å². The third kappa shape index (κ3) is 4.08. The highest BCUT2D eigenvalue weighted by Crippen LogP contribution is 2.53. The minimum atomic E-state index is 0.914. The summed E-state index contributed by atoms with van der Waals surface area (Å²) in [5.74, 6) is 0. The first-order chi connectivity index (χ1) is 26.3. The summed E-state index contributed by atoms with van der Waals surface area (Å²) >= 11 is 1.84. The molecule has 0 aliphatic carbocycles. The van der Waals surface area contributed by atoms with E-state index in [2.05, 4.69) is 158 Å². The van der Waals surface area contributed by atoms with Gasteiger partial charge < -0.3 is 8.83 Å². The van der Waals surface area contributed by atoms with Crippen molar-refractivity contribution in [1.29, 1.82) is 0 Å². The van der Waals surface area contributed by atoms with Gasteiger partial charge in [0.1, 0.15) is 16.7 Å². The second kappa shape index (κ2) is 10.9. The van der Waals surface area contributed by atoms with Gasteiger partial charge in [0.2, 0.25) is 0 Å². The summed E-state index contributed by atoms with van der Waals surface area (Å²) in [6.45, 7) is 0. The van der Waals surface area contributed by atoms with Crippen LogP contribution in [0.15, 0.2) is 179 Å². The number of hydrogen-bond donors (Lipinski definition) is 0. The molecule has 9 aromatic carbocycles. The molecule has 3 heterocycles. The van der Waals surface area contributed by atoms with Gasteiger partial charge in [0.15, 0.2) is 5.58 Å². The molecule has 12 aromatic rings. The van der Waals surface area contributed by atoms with Crippen LogP contribution >= 0.6 is 11.3 Å². The third-order valence-corrected chi connectivity index (χ3v) is 12.3. The molecule has 0 fully saturated rings. The summed E-state index contributed by atoms with van der Waals surface area (Å²) < 4.78 is 14.1. The first-order valence-electron chi connectivity index (χ1n) is 18.0. The molecule has 12 rings (SSSR count). The number of benzene rings is 9. The quantitative estimate of drug-likeness (QED) is 0.172. The van der Waals surface area contributed by atoms with E-state index < -0.39 is 0 Å². The Morgan fingerprint density at radius 2 is 0.925 bits per heavy atom. The molecule has 246 valence electrons. The molecule has 2 nitrogen and oxygen atoms in total. The maximum atomic E-state index is 6.65. The van der Waals surface area contributed by atoms with E-state index >= 15 is 0 Å². The predicted octanol–water partition coefficient (Wildman–Crippen LogP) is 15.2. The van der Waals surface area contributed by atoms with Gasteiger partial charge in [-0.3, -0.25) is 0 Å². The van der Waals surface area contributed by atoms with Crippen molar-refractivity contribution < 1.29 is 8.83 Å². The number of rotatable bonds is 3. The van der Waals surface area contributed by atoms with Crippen molar-refractivity contribution in [1.82, 2.24) is 0 Å². The van der Waals surface area contributed by atoms with E-state index in [1.807, 2.05) is 23.5 Å². The van der Waals surface area contributed by atoms with E-state index in [1.54, 1.807) is 0 Å². The molecule has 0 atom stereocenters. The summed E-state index contributed by atoms with van der Waals surface area (Å²) in [6.07, 6.45) is 0. The highest BCUT2D eigenvalue weighted by Gasteiger charge is 2.25. The van der Waals surface area contributed by atoms with Crippen molar-refractivity contribution >= 4 is 97.6 Å². The van der Waals surface area contributed by atoms with Crippen LogP contribution in [0.25, 0.3) is 119 Å². The average Bonchev–Trinajstić information content (AvgIpc) is 3.92. The monoisotopic (exact) mass is 692 g/mol. The summed E-state index contributed by atoms with van der Waals surface area (Å²) in [4.78, 5) is 1.25.